The Bertz CT molecular complexity index is 1380. The zero-order chi connectivity index (χ0) is 25.4. The minimum absolute atomic E-state index is 0.190. The molecule has 2 aliphatic heterocycles. The Kier molecular flexibility index (Phi) is 6.92. The Labute approximate surface area is 216 Å². The maximum Gasteiger partial charge on any atom is 0.304 e. The second kappa shape index (κ2) is 9.98. The van der Waals surface area contributed by atoms with Gasteiger partial charge in [0.2, 0.25) is 0 Å². The summed E-state index contributed by atoms with van der Waals surface area (Å²) < 4.78 is 2.18. The fraction of sp³-hybridized carbons (Fsp3) is 0.483. The molecule has 7 heteroatoms. The summed E-state index contributed by atoms with van der Waals surface area (Å²) in [6.45, 7) is 8.08. The van der Waals surface area contributed by atoms with Gasteiger partial charge in [0.1, 0.15) is 5.82 Å². The van der Waals surface area contributed by atoms with Crippen molar-refractivity contribution in [1.29, 1.82) is 0 Å². The minimum Gasteiger partial charge on any atom is -0.481 e. The first-order valence-electron chi connectivity index (χ1n) is 13.1. The van der Waals surface area contributed by atoms with Crippen LogP contribution < -0.4 is 16.1 Å². The first-order chi connectivity index (χ1) is 17.4. The van der Waals surface area contributed by atoms with E-state index in [1.807, 2.05) is 6.08 Å². The van der Waals surface area contributed by atoms with E-state index in [0.29, 0.717) is 22.7 Å². The molecule has 1 saturated carbocycles. The van der Waals surface area contributed by atoms with Gasteiger partial charge in [-0.3, -0.25) is 14.2 Å². The van der Waals surface area contributed by atoms with Gasteiger partial charge < -0.3 is 10.0 Å². The Morgan fingerprint density at radius 2 is 1.97 bits per heavy atom. The highest BCUT2D eigenvalue weighted by Crippen LogP contribution is 2.50. The summed E-state index contributed by atoms with van der Waals surface area (Å²) in [6, 6.07) is 6.86. The van der Waals surface area contributed by atoms with Gasteiger partial charge in [-0.25, -0.2) is 0 Å². The third kappa shape index (κ3) is 4.24. The number of halogens is 1. The number of benzene rings is 1. The normalized spacial score (nSPS) is 20.8. The number of aromatic nitrogens is 2. The van der Waals surface area contributed by atoms with Crippen LogP contribution in [0.3, 0.4) is 0 Å². The van der Waals surface area contributed by atoms with E-state index in [4.69, 9.17) is 16.7 Å². The topological polar surface area (TPSA) is 75.4 Å². The molecule has 1 aromatic heterocycles. The molecule has 0 bridgehead atoms. The van der Waals surface area contributed by atoms with Crippen LogP contribution in [-0.4, -0.2) is 45.2 Å². The van der Waals surface area contributed by atoms with Gasteiger partial charge in [-0.15, -0.1) is 0 Å². The highest BCUT2D eigenvalue weighted by Gasteiger charge is 2.46. The van der Waals surface area contributed by atoms with Gasteiger partial charge in [-0.1, -0.05) is 55.7 Å². The number of nitrogens with zero attached hydrogens (tertiary/aromatic N) is 3. The van der Waals surface area contributed by atoms with Crippen LogP contribution in [0.25, 0.3) is 16.8 Å². The summed E-state index contributed by atoms with van der Waals surface area (Å²) >= 11 is 6.43. The third-order valence-electron chi connectivity index (χ3n) is 8.36. The van der Waals surface area contributed by atoms with Crippen molar-refractivity contribution in [2.24, 2.45) is 0 Å². The largest absolute Gasteiger partial charge is 0.481 e. The molecule has 0 atom stereocenters. The van der Waals surface area contributed by atoms with Crippen molar-refractivity contribution in [3.63, 3.8) is 0 Å². The van der Waals surface area contributed by atoms with Crippen molar-refractivity contribution in [2.75, 3.05) is 19.6 Å². The number of piperidine rings is 1. The lowest BCUT2D eigenvalue weighted by Gasteiger charge is -2.34. The van der Waals surface area contributed by atoms with Gasteiger partial charge in [0.05, 0.1) is 28.1 Å². The van der Waals surface area contributed by atoms with E-state index in [2.05, 4.69) is 39.2 Å². The van der Waals surface area contributed by atoms with E-state index in [9.17, 15) is 9.59 Å². The van der Waals surface area contributed by atoms with E-state index < -0.39 is 5.97 Å². The lowest BCUT2D eigenvalue weighted by molar-refractivity contribution is -0.137. The summed E-state index contributed by atoms with van der Waals surface area (Å²) in [6.07, 6.45) is 11.2. The lowest BCUT2D eigenvalue weighted by atomic mass is 9.69. The number of hydrogen-bond acceptors (Lipinski definition) is 4. The number of allylic oxidation sites excluding steroid dienone is 1. The van der Waals surface area contributed by atoms with Crippen molar-refractivity contribution in [3.05, 3.63) is 68.7 Å². The predicted molar refractivity (Wildman–Crippen MR) is 143 cm³/mol. The van der Waals surface area contributed by atoms with Crippen LogP contribution in [0.2, 0.25) is 0 Å². The molecule has 2 fully saturated rings. The zero-order valence-corrected chi connectivity index (χ0v) is 21.7. The van der Waals surface area contributed by atoms with Crippen LogP contribution >= 0.6 is 11.6 Å². The molecule has 0 amide bonds. The first kappa shape index (κ1) is 25.0. The molecule has 190 valence electrons. The third-order valence-corrected chi connectivity index (χ3v) is 8.55. The van der Waals surface area contributed by atoms with Crippen molar-refractivity contribution in [1.82, 2.24) is 14.5 Å². The van der Waals surface area contributed by atoms with Crippen LogP contribution in [0.1, 0.15) is 81.2 Å². The highest BCUT2D eigenvalue weighted by molar-refractivity contribution is 6.44. The molecule has 2 aromatic rings. The monoisotopic (exact) mass is 507 g/mol. The molecule has 0 radical (unpaired) electrons. The zero-order valence-electron chi connectivity index (χ0n) is 20.9. The maximum absolute atomic E-state index is 13.2. The van der Waals surface area contributed by atoms with Gasteiger partial charge in [-0.2, -0.15) is 4.98 Å². The first-order valence-corrected chi connectivity index (χ1v) is 13.4. The average molecular weight is 508 g/mol. The number of carboxylic acid groups (broad SMARTS) is 1. The van der Waals surface area contributed by atoms with E-state index in [0.717, 1.165) is 68.5 Å². The Hall–Kier alpha value is -2.70. The average Bonchev–Trinajstić information content (AvgIpc) is 3.11. The molecule has 1 aliphatic carbocycles. The number of aliphatic carboxylic acids is 1. The van der Waals surface area contributed by atoms with Crippen LogP contribution in [0, 0.1) is 0 Å². The molecule has 3 aliphatic rings. The van der Waals surface area contributed by atoms with Gasteiger partial charge in [0, 0.05) is 11.6 Å². The van der Waals surface area contributed by atoms with Crippen molar-refractivity contribution in [3.8, 4) is 5.69 Å². The molecule has 3 heterocycles. The molecule has 1 saturated heterocycles. The number of hydrogen-bond donors (Lipinski definition) is 1. The number of carboxylic acids is 1. The Morgan fingerprint density at radius 1 is 1.25 bits per heavy atom. The SMILES string of the molecule is C=C/C=c1\c(=C(/C)Cl)c(=O)nc2n1-c1cc(C3CCN(CCC(=O)O)CC3)ccc1C21CCCCC1. The number of carbonyl (C=O) groups is 1. The van der Waals surface area contributed by atoms with Gasteiger partial charge in [0.25, 0.3) is 5.56 Å². The molecular formula is C29H34ClN3O3. The Morgan fingerprint density at radius 3 is 2.61 bits per heavy atom. The fourth-order valence-electron chi connectivity index (χ4n) is 6.60. The number of rotatable bonds is 5. The van der Waals surface area contributed by atoms with Crippen molar-refractivity contribution < 1.29 is 9.90 Å². The molecule has 1 spiro atoms. The smallest absolute Gasteiger partial charge is 0.304 e. The maximum atomic E-state index is 13.2. The number of fused-ring (bicyclic) bond motifs is 5. The highest BCUT2D eigenvalue weighted by atomic mass is 35.5. The quantitative estimate of drug-likeness (QED) is 0.666. The second-order valence-corrected chi connectivity index (χ2v) is 11.0. The molecule has 6 nitrogen and oxygen atoms in total. The van der Waals surface area contributed by atoms with Crippen LogP contribution in [-0.2, 0) is 10.2 Å². The summed E-state index contributed by atoms with van der Waals surface area (Å²) in [4.78, 5) is 31.1. The summed E-state index contributed by atoms with van der Waals surface area (Å²) in [5, 5.41) is 10.6. The molecule has 0 unspecified atom stereocenters. The molecule has 1 N–H and O–H groups in total. The van der Waals surface area contributed by atoms with E-state index in [1.54, 1.807) is 13.0 Å². The molecular weight excluding hydrogens is 474 g/mol. The van der Waals surface area contributed by atoms with Crippen molar-refractivity contribution in [2.45, 2.75) is 69.6 Å². The number of likely N-dealkylation sites (tertiary alicyclic amines) is 1. The van der Waals surface area contributed by atoms with Crippen LogP contribution in [0.5, 0.6) is 0 Å². The summed E-state index contributed by atoms with van der Waals surface area (Å²) in [7, 11) is 0. The summed E-state index contributed by atoms with van der Waals surface area (Å²) in [5.74, 6) is 0.522. The minimum atomic E-state index is -0.742. The molecule has 36 heavy (non-hydrogen) atoms. The van der Waals surface area contributed by atoms with Gasteiger partial charge >= 0.3 is 5.97 Å². The fourth-order valence-corrected chi connectivity index (χ4v) is 6.78. The molecule has 5 rings (SSSR count). The molecule has 1 aromatic carbocycles. The van der Waals surface area contributed by atoms with Crippen LogP contribution in [0.15, 0.2) is 35.6 Å². The van der Waals surface area contributed by atoms with E-state index in [1.165, 1.54) is 17.5 Å². The Balaban J connectivity index is 1.62. The van der Waals surface area contributed by atoms with Crippen molar-refractivity contribution >= 4 is 28.7 Å². The van der Waals surface area contributed by atoms with Gasteiger partial charge in [-0.05, 0) is 74.9 Å². The standard InChI is InChI=1S/C29H34ClN3O3/c1-3-7-23-26(19(2)30)27(36)31-28-29(13-5-4-6-14-29)22-9-8-21(18-24(22)33(23)28)20-10-15-32(16-11-20)17-12-25(34)35/h3,7-9,18,20H,1,4-6,10-17H2,2H3,(H,34,35)/b23-7+,26-19-. The lowest BCUT2D eigenvalue weighted by Crippen LogP contribution is -2.49. The van der Waals surface area contributed by atoms with Gasteiger partial charge in [0.15, 0.2) is 0 Å². The summed E-state index contributed by atoms with van der Waals surface area (Å²) in [5.41, 5.74) is 3.15. The van der Waals surface area contributed by atoms with Crippen LogP contribution in [0.4, 0.5) is 0 Å². The van der Waals surface area contributed by atoms with E-state index >= 15 is 0 Å². The predicted octanol–water partition coefficient (Wildman–Crippen LogP) is 3.78. The second-order valence-electron chi connectivity index (χ2n) is 10.5. The van der Waals surface area contributed by atoms with E-state index in [-0.39, 0.29) is 17.4 Å².